The highest BCUT2D eigenvalue weighted by Gasteiger charge is 2.29. The number of hydrogen-bond acceptors (Lipinski definition) is 5. The molecule has 1 aromatic carbocycles. The first-order chi connectivity index (χ1) is 10.2. The fourth-order valence-electron chi connectivity index (χ4n) is 2.77. The zero-order valence-corrected chi connectivity index (χ0v) is 13.4. The minimum atomic E-state index is 0.111. The van der Waals surface area contributed by atoms with Gasteiger partial charge in [0.25, 0.3) is 0 Å². The van der Waals surface area contributed by atoms with E-state index in [2.05, 4.69) is 11.9 Å². The Morgan fingerprint density at radius 1 is 1.14 bits per heavy atom. The summed E-state index contributed by atoms with van der Waals surface area (Å²) in [4.78, 5) is 2.31. The van der Waals surface area contributed by atoms with E-state index in [1.807, 2.05) is 12.1 Å². The molecule has 1 unspecified atom stereocenters. The zero-order valence-electron chi connectivity index (χ0n) is 13.4. The van der Waals surface area contributed by atoms with E-state index in [-0.39, 0.29) is 6.04 Å². The van der Waals surface area contributed by atoms with Crippen LogP contribution in [0.2, 0.25) is 0 Å². The van der Waals surface area contributed by atoms with Crippen molar-refractivity contribution in [3.8, 4) is 17.2 Å². The van der Waals surface area contributed by atoms with Crippen LogP contribution in [-0.2, 0) is 0 Å². The van der Waals surface area contributed by atoms with Gasteiger partial charge in [-0.1, -0.05) is 0 Å². The largest absolute Gasteiger partial charge is 0.493 e. The number of methoxy groups -OCH3 is 3. The Kier molecular flexibility index (Phi) is 5.31. The van der Waals surface area contributed by atoms with E-state index in [0.29, 0.717) is 23.8 Å². The summed E-state index contributed by atoms with van der Waals surface area (Å²) < 4.78 is 16.4. The van der Waals surface area contributed by atoms with Gasteiger partial charge in [-0.3, -0.25) is 4.90 Å². The molecule has 5 nitrogen and oxygen atoms in total. The molecule has 21 heavy (non-hydrogen) atoms. The highest BCUT2D eigenvalue weighted by atomic mass is 16.5. The van der Waals surface area contributed by atoms with E-state index >= 15 is 0 Å². The van der Waals surface area contributed by atoms with Crippen LogP contribution in [0.15, 0.2) is 12.1 Å². The van der Waals surface area contributed by atoms with Gasteiger partial charge >= 0.3 is 0 Å². The lowest BCUT2D eigenvalue weighted by Gasteiger charge is -2.29. The first-order valence-corrected chi connectivity index (χ1v) is 7.35. The van der Waals surface area contributed by atoms with E-state index in [4.69, 9.17) is 19.9 Å². The predicted molar refractivity (Wildman–Crippen MR) is 83.2 cm³/mol. The second-order valence-electron chi connectivity index (χ2n) is 5.56. The van der Waals surface area contributed by atoms with Gasteiger partial charge < -0.3 is 19.9 Å². The fraction of sp³-hybridized carbons (Fsp3) is 0.625. The van der Waals surface area contributed by atoms with Crippen LogP contribution >= 0.6 is 0 Å². The quantitative estimate of drug-likeness (QED) is 0.795. The number of nitrogens with two attached hydrogens (primary N) is 1. The maximum atomic E-state index is 6.02. The molecule has 1 atom stereocenters. The number of ether oxygens (including phenoxy) is 3. The van der Waals surface area contributed by atoms with Crippen molar-refractivity contribution in [1.82, 2.24) is 4.90 Å². The lowest BCUT2D eigenvalue weighted by Crippen LogP contribution is -2.32. The van der Waals surface area contributed by atoms with Gasteiger partial charge in [0.2, 0.25) is 5.75 Å². The first-order valence-electron chi connectivity index (χ1n) is 7.35. The topological polar surface area (TPSA) is 57.0 Å². The Morgan fingerprint density at radius 3 is 2.29 bits per heavy atom. The van der Waals surface area contributed by atoms with E-state index in [0.717, 1.165) is 18.0 Å². The molecule has 118 valence electrons. The molecule has 0 spiro atoms. The van der Waals surface area contributed by atoms with Gasteiger partial charge in [0.1, 0.15) is 0 Å². The molecule has 0 aliphatic heterocycles. The summed E-state index contributed by atoms with van der Waals surface area (Å²) in [6.45, 7) is 1.61. The van der Waals surface area contributed by atoms with Gasteiger partial charge in [-0.2, -0.15) is 0 Å². The van der Waals surface area contributed by atoms with Crippen LogP contribution in [0.3, 0.4) is 0 Å². The third kappa shape index (κ3) is 3.41. The molecule has 1 saturated carbocycles. The fourth-order valence-corrected chi connectivity index (χ4v) is 2.77. The lowest BCUT2D eigenvalue weighted by molar-refractivity contribution is 0.232. The zero-order chi connectivity index (χ0) is 15.4. The normalized spacial score (nSPS) is 15.9. The standard InChI is InChI=1S/C16H26N2O3/c1-18(10-11-5-6-11)13(9-17)12-7-8-14(19-2)16(21-4)15(12)20-3/h7-8,11,13H,5-6,9-10,17H2,1-4H3. The van der Waals surface area contributed by atoms with Gasteiger partial charge in [-0.05, 0) is 37.9 Å². The smallest absolute Gasteiger partial charge is 0.203 e. The maximum Gasteiger partial charge on any atom is 0.203 e. The van der Waals surface area contributed by atoms with Gasteiger partial charge in [-0.25, -0.2) is 0 Å². The average molecular weight is 294 g/mol. The van der Waals surface area contributed by atoms with Crippen LogP contribution in [-0.4, -0.2) is 46.4 Å². The first kappa shape index (κ1) is 15.9. The van der Waals surface area contributed by atoms with Crippen LogP contribution in [0.4, 0.5) is 0 Å². The van der Waals surface area contributed by atoms with E-state index < -0.39 is 0 Å². The average Bonchev–Trinajstić information content (AvgIpc) is 3.30. The third-order valence-electron chi connectivity index (χ3n) is 4.09. The van der Waals surface area contributed by atoms with Crippen molar-refractivity contribution in [2.75, 3.05) is 41.5 Å². The van der Waals surface area contributed by atoms with Gasteiger partial charge in [0.05, 0.1) is 27.4 Å². The molecule has 0 amide bonds. The lowest BCUT2D eigenvalue weighted by atomic mass is 10.0. The van der Waals surface area contributed by atoms with Crippen LogP contribution < -0.4 is 19.9 Å². The summed E-state index contributed by atoms with van der Waals surface area (Å²) in [5, 5.41) is 0. The molecule has 0 heterocycles. The number of nitrogens with zero attached hydrogens (tertiary/aromatic N) is 1. The summed E-state index contributed by atoms with van der Waals surface area (Å²) in [6, 6.07) is 4.03. The Hall–Kier alpha value is -1.46. The van der Waals surface area contributed by atoms with E-state index in [9.17, 15) is 0 Å². The van der Waals surface area contributed by atoms with Gasteiger partial charge in [0, 0.05) is 18.7 Å². The summed E-state index contributed by atoms with van der Waals surface area (Å²) in [5.74, 6) is 2.81. The molecule has 2 rings (SSSR count). The third-order valence-corrected chi connectivity index (χ3v) is 4.09. The second kappa shape index (κ2) is 7.00. The van der Waals surface area contributed by atoms with Crippen molar-refractivity contribution in [3.63, 3.8) is 0 Å². The number of likely N-dealkylation sites (N-methyl/N-ethyl adjacent to an activating group) is 1. The van der Waals surface area contributed by atoms with Gasteiger partial charge in [-0.15, -0.1) is 0 Å². The van der Waals surface area contributed by atoms with Crippen molar-refractivity contribution in [3.05, 3.63) is 17.7 Å². The highest BCUT2D eigenvalue weighted by molar-refractivity contribution is 5.56. The predicted octanol–water partition coefficient (Wildman–Crippen LogP) is 2.05. The molecule has 2 N–H and O–H groups in total. The Labute approximate surface area is 127 Å². The molecule has 5 heteroatoms. The van der Waals surface area contributed by atoms with Crippen molar-refractivity contribution in [2.45, 2.75) is 18.9 Å². The van der Waals surface area contributed by atoms with Crippen molar-refractivity contribution < 1.29 is 14.2 Å². The Bertz CT molecular complexity index is 475. The summed E-state index contributed by atoms with van der Waals surface area (Å²) in [5.41, 5.74) is 7.06. The van der Waals surface area contributed by atoms with Crippen molar-refractivity contribution in [1.29, 1.82) is 0 Å². The Balaban J connectivity index is 2.34. The molecule has 0 bridgehead atoms. The van der Waals surface area contributed by atoms with Gasteiger partial charge in [0.15, 0.2) is 11.5 Å². The molecular formula is C16H26N2O3. The minimum absolute atomic E-state index is 0.111. The monoisotopic (exact) mass is 294 g/mol. The summed E-state index contributed by atoms with van der Waals surface area (Å²) >= 11 is 0. The van der Waals surface area contributed by atoms with Crippen LogP contribution in [0.25, 0.3) is 0 Å². The number of benzene rings is 1. The number of hydrogen-bond donors (Lipinski definition) is 1. The molecular weight excluding hydrogens is 268 g/mol. The molecule has 1 aliphatic rings. The molecule has 0 saturated heterocycles. The van der Waals surface area contributed by atoms with Crippen LogP contribution in [0.1, 0.15) is 24.4 Å². The summed E-state index contributed by atoms with van der Waals surface area (Å²) in [6.07, 6.45) is 2.65. The summed E-state index contributed by atoms with van der Waals surface area (Å²) in [7, 11) is 7.01. The van der Waals surface area contributed by atoms with E-state index in [1.165, 1.54) is 12.8 Å². The Morgan fingerprint density at radius 2 is 1.81 bits per heavy atom. The van der Waals surface area contributed by atoms with E-state index in [1.54, 1.807) is 21.3 Å². The molecule has 1 aliphatic carbocycles. The molecule has 1 fully saturated rings. The molecule has 1 aromatic rings. The van der Waals surface area contributed by atoms with Crippen LogP contribution in [0.5, 0.6) is 17.2 Å². The van der Waals surface area contributed by atoms with Crippen molar-refractivity contribution in [2.24, 2.45) is 11.7 Å². The van der Waals surface area contributed by atoms with Crippen molar-refractivity contribution >= 4 is 0 Å². The minimum Gasteiger partial charge on any atom is -0.493 e. The molecule has 0 aromatic heterocycles. The second-order valence-corrected chi connectivity index (χ2v) is 5.56. The molecule has 0 radical (unpaired) electrons. The highest BCUT2D eigenvalue weighted by Crippen LogP contribution is 2.43. The number of rotatable bonds is 8. The SMILES string of the molecule is COc1ccc(C(CN)N(C)CC2CC2)c(OC)c1OC. The van der Waals surface area contributed by atoms with Crippen LogP contribution in [0, 0.1) is 5.92 Å². The maximum absolute atomic E-state index is 6.02.